The van der Waals surface area contributed by atoms with Crippen LogP contribution < -0.4 is 20.9 Å². The third-order valence-electron chi connectivity index (χ3n) is 4.56. The minimum absolute atomic E-state index is 0.141. The summed E-state index contributed by atoms with van der Waals surface area (Å²) in [5.74, 6) is 0.805. The predicted molar refractivity (Wildman–Crippen MR) is 113 cm³/mol. The second-order valence-electron chi connectivity index (χ2n) is 6.72. The molecule has 0 aliphatic heterocycles. The van der Waals surface area contributed by atoms with Crippen molar-refractivity contribution in [3.63, 3.8) is 0 Å². The number of anilines is 2. The zero-order chi connectivity index (χ0) is 21.0. The van der Waals surface area contributed by atoms with E-state index in [2.05, 4.69) is 15.7 Å². The molecule has 3 rings (SSSR count). The van der Waals surface area contributed by atoms with E-state index in [0.29, 0.717) is 29.3 Å². The van der Waals surface area contributed by atoms with Crippen LogP contribution in [0.1, 0.15) is 28.4 Å². The van der Waals surface area contributed by atoms with Gasteiger partial charge in [0.2, 0.25) is 0 Å². The maximum Gasteiger partial charge on any atom is 0.294 e. The van der Waals surface area contributed by atoms with E-state index in [1.54, 1.807) is 31.3 Å². The highest BCUT2D eigenvalue weighted by atomic mass is 16.5. The quantitative estimate of drug-likeness (QED) is 0.668. The predicted octanol–water partition coefficient (Wildman–Crippen LogP) is 3.68. The fourth-order valence-corrected chi connectivity index (χ4v) is 2.73. The van der Waals surface area contributed by atoms with Crippen LogP contribution >= 0.6 is 0 Å². The van der Waals surface area contributed by atoms with Gasteiger partial charge in [-0.2, -0.15) is 5.10 Å². The van der Waals surface area contributed by atoms with Gasteiger partial charge in [-0.25, -0.2) is 4.68 Å². The number of carbonyl (C=O) groups excluding carboxylic acids is 1. The van der Waals surface area contributed by atoms with Gasteiger partial charge in [0.05, 0.1) is 6.20 Å². The Labute approximate surface area is 169 Å². The molecule has 0 radical (unpaired) electrons. The summed E-state index contributed by atoms with van der Waals surface area (Å²) in [6.07, 6.45) is 1.50. The Bertz CT molecular complexity index is 1090. The lowest BCUT2D eigenvalue weighted by Gasteiger charge is -2.14. The minimum atomic E-state index is -0.320. The number of ether oxygens (including phenoxy) is 1. The first-order valence-electron chi connectivity index (χ1n) is 9.35. The molecule has 0 bridgehead atoms. The van der Waals surface area contributed by atoms with Crippen LogP contribution in [-0.4, -0.2) is 22.2 Å². The first kappa shape index (κ1) is 20.1. The van der Waals surface area contributed by atoms with Crippen molar-refractivity contribution in [3.8, 4) is 11.5 Å². The number of amides is 1. The molecule has 3 aromatic rings. The monoisotopic (exact) mass is 392 g/mol. The van der Waals surface area contributed by atoms with Crippen molar-refractivity contribution in [1.29, 1.82) is 0 Å². The molecule has 7 nitrogen and oxygen atoms in total. The van der Waals surface area contributed by atoms with Crippen molar-refractivity contribution < 1.29 is 9.53 Å². The average molecular weight is 392 g/mol. The van der Waals surface area contributed by atoms with Crippen molar-refractivity contribution in [2.24, 2.45) is 7.05 Å². The smallest absolute Gasteiger partial charge is 0.294 e. The average Bonchev–Trinajstić information content (AvgIpc) is 2.71. The number of nitrogens with zero attached hydrogens (tertiary/aromatic N) is 2. The molecule has 0 atom stereocenters. The van der Waals surface area contributed by atoms with E-state index in [1.165, 1.54) is 10.9 Å². The highest BCUT2D eigenvalue weighted by Crippen LogP contribution is 2.29. The maximum atomic E-state index is 12.7. The van der Waals surface area contributed by atoms with E-state index in [4.69, 9.17) is 4.74 Å². The van der Waals surface area contributed by atoms with Gasteiger partial charge in [0, 0.05) is 24.8 Å². The van der Waals surface area contributed by atoms with Crippen LogP contribution in [0, 0.1) is 13.8 Å². The van der Waals surface area contributed by atoms with Crippen molar-refractivity contribution in [2.45, 2.75) is 20.8 Å². The van der Waals surface area contributed by atoms with Gasteiger partial charge in [-0.3, -0.25) is 9.59 Å². The molecule has 2 aromatic carbocycles. The first-order chi connectivity index (χ1) is 13.9. The van der Waals surface area contributed by atoms with Crippen LogP contribution in [-0.2, 0) is 7.05 Å². The normalized spacial score (nSPS) is 10.5. The topological polar surface area (TPSA) is 85.2 Å². The Morgan fingerprint density at radius 1 is 1.10 bits per heavy atom. The molecule has 0 saturated heterocycles. The lowest BCUT2D eigenvalue weighted by Crippen LogP contribution is -2.23. The molecule has 1 heterocycles. The Hall–Kier alpha value is -3.61. The minimum Gasteiger partial charge on any atom is -0.453 e. The molecule has 2 N–H and O–H groups in total. The molecule has 150 valence electrons. The Kier molecular flexibility index (Phi) is 5.97. The number of rotatable bonds is 6. The van der Waals surface area contributed by atoms with E-state index in [1.807, 2.05) is 39.0 Å². The Balaban J connectivity index is 1.90. The molecular weight excluding hydrogens is 368 g/mol. The van der Waals surface area contributed by atoms with Gasteiger partial charge in [0.25, 0.3) is 11.5 Å². The Morgan fingerprint density at radius 3 is 2.48 bits per heavy atom. The Morgan fingerprint density at radius 2 is 1.83 bits per heavy atom. The fraction of sp³-hybridized carbons (Fsp3) is 0.227. The third kappa shape index (κ3) is 4.63. The molecule has 0 saturated carbocycles. The summed E-state index contributed by atoms with van der Waals surface area (Å²) in [6, 6.07) is 12.6. The summed E-state index contributed by atoms with van der Waals surface area (Å²) in [5, 5.41) is 9.91. The van der Waals surface area contributed by atoms with E-state index in [0.717, 1.165) is 11.1 Å². The standard InChI is InChI=1S/C22H24N4O3/c1-5-23-21(27)16-7-9-17(10-8-16)25-20-19(13-24-26(4)22(20)28)29-18-11-6-14(2)15(3)12-18/h6-13,25H,5H2,1-4H3,(H,23,27). The van der Waals surface area contributed by atoms with Gasteiger partial charge in [-0.1, -0.05) is 6.07 Å². The van der Waals surface area contributed by atoms with Crippen LogP contribution in [0.2, 0.25) is 0 Å². The van der Waals surface area contributed by atoms with Gasteiger partial charge >= 0.3 is 0 Å². The molecule has 0 fully saturated rings. The van der Waals surface area contributed by atoms with E-state index < -0.39 is 0 Å². The summed E-state index contributed by atoms with van der Waals surface area (Å²) in [7, 11) is 1.57. The molecule has 0 unspecified atom stereocenters. The molecular formula is C22H24N4O3. The lowest BCUT2D eigenvalue weighted by atomic mass is 10.1. The largest absolute Gasteiger partial charge is 0.453 e. The van der Waals surface area contributed by atoms with Crippen LogP contribution in [0.15, 0.2) is 53.5 Å². The van der Waals surface area contributed by atoms with Crippen molar-refractivity contribution in [2.75, 3.05) is 11.9 Å². The number of benzene rings is 2. The summed E-state index contributed by atoms with van der Waals surface area (Å²) < 4.78 is 7.18. The fourth-order valence-electron chi connectivity index (χ4n) is 2.73. The zero-order valence-corrected chi connectivity index (χ0v) is 16.9. The van der Waals surface area contributed by atoms with E-state index >= 15 is 0 Å². The summed E-state index contributed by atoms with van der Waals surface area (Å²) in [4.78, 5) is 24.6. The van der Waals surface area contributed by atoms with Crippen LogP contribution in [0.3, 0.4) is 0 Å². The molecule has 29 heavy (non-hydrogen) atoms. The van der Waals surface area contributed by atoms with Gasteiger partial charge in [0.1, 0.15) is 5.75 Å². The molecule has 1 aromatic heterocycles. The van der Waals surface area contributed by atoms with E-state index in [-0.39, 0.29) is 17.2 Å². The second-order valence-corrected chi connectivity index (χ2v) is 6.72. The van der Waals surface area contributed by atoms with Crippen molar-refractivity contribution in [3.05, 3.63) is 75.7 Å². The third-order valence-corrected chi connectivity index (χ3v) is 4.56. The number of hydrogen-bond donors (Lipinski definition) is 2. The zero-order valence-electron chi connectivity index (χ0n) is 16.9. The molecule has 0 spiro atoms. The van der Waals surface area contributed by atoms with Crippen LogP contribution in [0.25, 0.3) is 0 Å². The lowest BCUT2D eigenvalue weighted by molar-refractivity contribution is 0.0956. The van der Waals surface area contributed by atoms with Gasteiger partial charge in [-0.05, 0) is 68.3 Å². The van der Waals surface area contributed by atoms with Gasteiger partial charge < -0.3 is 15.4 Å². The molecule has 1 amide bonds. The van der Waals surface area contributed by atoms with Gasteiger partial charge in [0.15, 0.2) is 11.4 Å². The number of nitrogens with one attached hydrogen (secondary N) is 2. The van der Waals surface area contributed by atoms with E-state index in [9.17, 15) is 9.59 Å². The van der Waals surface area contributed by atoms with Crippen molar-refractivity contribution >= 4 is 17.3 Å². The second kappa shape index (κ2) is 8.60. The summed E-state index contributed by atoms with van der Waals surface area (Å²) >= 11 is 0. The van der Waals surface area contributed by atoms with Gasteiger partial charge in [-0.15, -0.1) is 0 Å². The number of carbonyl (C=O) groups is 1. The first-order valence-corrected chi connectivity index (χ1v) is 9.35. The number of aryl methyl sites for hydroxylation is 3. The highest BCUT2D eigenvalue weighted by Gasteiger charge is 2.14. The maximum absolute atomic E-state index is 12.7. The SMILES string of the molecule is CCNC(=O)c1ccc(Nc2c(Oc3ccc(C)c(C)c3)cnn(C)c2=O)cc1. The van der Waals surface area contributed by atoms with Crippen molar-refractivity contribution in [1.82, 2.24) is 15.1 Å². The van der Waals surface area contributed by atoms with Crippen LogP contribution in [0.5, 0.6) is 11.5 Å². The number of aromatic nitrogens is 2. The molecule has 0 aliphatic carbocycles. The molecule has 0 aliphatic rings. The number of hydrogen-bond acceptors (Lipinski definition) is 5. The highest BCUT2D eigenvalue weighted by molar-refractivity contribution is 5.94. The summed E-state index contributed by atoms with van der Waals surface area (Å²) in [6.45, 7) is 6.45. The molecule has 7 heteroatoms. The summed E-state index contributed by atoms with van der Waals surface area (Å²) in [5.41, 5.74) is 3.41. The van der Waals surface area contributed by atoms with Crippen LogP contribution in [0.4, 0.5) is 11.4 Å².